The fourth-order valence-electron chi connectivity index (χ4n) is 0.765. The van der Waals surface area contributed by atoms with Crippen LogP contribution in [0.25, 0.3) is 0 Å². The van der Waals surface area contributed by atoms with Gasteiger partial charge in [0.05, 0.1) is 6.61 Å². The molecule has 0 unspecified atom stereocenters. The second-order valence-electron chi connectivity index (χ2n) is 5.66. The third-order valence-corrected chi connectivity index (χ3v) is 3.37. The van der Waals surface area contributed by atoms with Gasteiger partial charge in [0.1, 0.15) is 0 Å². The van der Waals surface area contributed by atoms with Crippen molar-refractivity contribution >= 4 is 15.9 Å². The first-order valence-corrected chi connectivity index (χ1v) is 6.03. The molecule has 2 heteroatoms. The summed E-state index contributed by atoms with van der Waals surface area (Å²) in [4.78, 5) is 0. The summed E-state index contributed by atoms with van der Waals surface area (Å²) >= 11 is 3.48. The van der Waals surface area contributed by atoms with Gasteiger partial charge in [-0.15, -0.1) is 0 Å². The van der Waals surface area contributed by atoms with E-state index in [-0.39, 0.29) is 5.41 Å². The lowest BCUT2D eigenvalue weighted by atomic mass is 9.93. The van der Waals surface area contributed by atoms with Gasteiger partial charge in [-0.2, -0.15) is 0 Å². The van der Waals surface area contributed by atoms with Crippen molar-refractivity contribution in [1.82, 2.24) is 0 Å². The summed E-state index contributed by atoms with van der Waals surface area (Å²) in [6.07, 6.45) is 1.13. The van der Waals surface area contributed by atoms with Crippen LogP contribution < -0.4 is 0 Å². The van der Waals surface area contributed by atoms with E-state index in [4.69, 9.17) is 4.74 Å². The van der Waals surface area contributed by atoms with Crippen LogP contribution in [0, 0.1) is 10.8 Å². The van der Waals surface area contributed by atoms with Crippen molar-refractivity contribution < 1.29 is 4.74 Å². The Labute approximate surface area is 91.4 Å². The standard InChI is InChI=1S/C11H23BrO/c1-10(2,3)6-7-13-9-11(4,5)8-12/h6-9H2,1-5H3. The Balaban J connectivity index is 3.47. The summed E-state index contributed by atoms with van der Waals surface area (Å²) in [5.41, 5.74) is 0.649. The number of ether oxygens (including phenoxy) is 1. The van der Waals surface area contributed by atoms with E-state index in [1.807, 2.05) is 0 Å². The molecular formula is C11H23BrO. The maximum Gasteiger partial charge on any atom is 0.0525 e. The van der Waals surface area contributed by atoms with Crippen molar-refractivity contribution in [2.45, 2.75) is 41.0 Å². The third-order valence-electron chi connectivity index (χ3n) is 1.85. The van der Waals surface area contributed by atoms with Crippen molar-refractivity contribution in [3.05, 3.63) is 0 Å². The lowest BCUT2D eigenvalue weighted by Gasteiger charge is -2.23. The molecular weight excluding hydrogens is 228 g/mol. The minimum absolute atomic E-state index is 0.262. The minimum Gasteiger partial charge on any atom is -0.381 e. The van der Waals surface area contributed by atoms with Gasteiger partial charge in [-0.25, -0.2) is 0 Å². The minimum atomic E-state index is 0.262. The first-order valence-electron chi connectivity index (χ1n) is 4.91. The van der Waals surface area contributed by atoms with Gasteiger partial charge in [-0.1, -0.05) is 50.5 Å². The van der Waals surface area contributed by atoms with E-state index in [1.54, 1.807) is 0 Å². The largest absolute Gasteiger partial charge is 0.381 e. The van der Waals surface area contributed by atoms with Crippen molar-refractivity contribution in [3.63, 3.8) is 0 Å². The van der Waals surface area contributed by atoms with Crippen molar-refractivity contribution in [3.8, 4) is 0 Å². The Hall–Kier alpha value is 0.440. The summed E-state index contributed by atoms with van der Waals surface area (Å²) in [5.74, 6) is 0. The van der Waals surface area contributed by atoms with Gasteiger partial charge >= 0.3 is 0 Å². The molecule has 0 heterocycles. The number of hydrogen-bond acceptors (Lipinski definition) is 1. The van der Waals surface area contributed by atoms with Crippen LogP contribution in [0.2, 0.25) is 0 Å². The topological polar surface area (TPSA) is 9.23 Å². The van der Waals surface area contributed by atoms with Crippen LogP contribution in [0.15, 0.2) is 0 Å². The summed E-state index contributed by atoms with van der Waals surface area (Å²) in [7, 11) is 0. The summed E-state index contributed by atoms with van der Waals surface area (Å²) in [6, 6.07) is 0. The van der Waals surface area contributed by atoms with Gasteiger partial charge in [0.25, 0.3) is 0 Å². The molecule has 0 fully saturated rings. The maximum absolute atomic E-state index is 5.64. The molecule has 0 N–H and O–H groups in total. The normalized spacial score (nSPS) is 13.4. The molecule has 0 aliphatic carbocycles. The molecule has 13 heavy (non-hydrogen) atoms. The highest BCUT2D eigenvalue weighted by Crippen LogP contribution is 2.21. The fraction of sp³-hybridized carbons (Fsp3) is 1.00. The Kier molecular flexibility index (Phi) is 5.53. The quantitative estimate of drug-likeness (QED) is 0.532. The Morgan fingerprint density at radius 2 is 1.62 bits per heavy atom. The molecule has 0 radical (unpaired) electrons. The molecule has 0 atom stereocenters. The molecule has 0 rings (SSSR count). The molecule has 0 spiro atoms. The highest BCUT2D eigenvalue weighted by Gasteiger charge is 2.17. The van der Waals surface area contributed by atoms with Crippen LogP contribution in [0.3, 0.4) is 0 Å². The molecule has 0 aromatic heterocycles. The zero-order chi connectivity index (χ0) is 10.5. The van der Waals surface area contributed by atoms with Crippen molar-refractivity contribution in [2.24, 2.45) is 10.8 Å². The van der Waals surface area contributed by atoms with E-state index in [9.17, 15) is 0 Å². The fourth-order valence-corrected chi connectivity index (χ4v) is 0.927. The van der Waals surface area contributed by atoms with Crippen LogP contribution >= 0.6 is 15.9 Å². The summed E-state index contributed by atoms with van der Waals surface area (Å²) < 4.78 is 5.64. The molecule has 0 aromatic rings. The van der Waals surface area contributed by atoms with E-state index >= 15 is 0 Å². The van der Waals surface area contributed by atoms with Crippen LogP contribution in [-0.2, 0) is 4.74 Å². The molecule has 0 aliphatic heterocycles. The first-order chi connectivity index (χ1) is 5.77. The second-order valence-corrected chi connectivity index (χ2v) is 6.22. The lowest BCUT2D eigenvalue weighted by molar-refractivity contribution is 0.0579. The first kappa shape index (κ1) is 13.4. The van der Waals surface area contributed by atoms with Crippen molar-refractivity contribution in [1.29, 1.82) is 0 Å². The van der Waals surface area contributed by atoms with Gasteiger partial charge in [-0.3, -0.25) is 0 Å². The van der Waals surface area contributed by atoms with Crippen LogP contribution in [0.5, 0.6) is 0 Å². The van der Waals surface area contributed by atoms with Crippen LogP contribution in [0.1, 0.15) is 41.0 Å². The van der Waals surface area contributed by atoms with E-state index in [2.05, 4.69) is 50.5 Å². The third kappa shape index (κ3) is 8.76. The zero-order valence-corrected chi connectivity index (χ0v) is 11.2. The van der Waals surface area contributed by atoms with Gasteiger partial charge in [0.15, 0.2) is 0 Å². The van der Waals surface area contributed by atoms with Gasteiger partial charge in [-0.05, 0) is 17.3 Å². The van der Waals surface area contributed by atoms with Gasteiger partial charge in [0.2, 0.25) is 0 Å². The molecule has 0 amide bonds. The Bertz CT molecular complexity index is 136. The van der Waals surface area contributed by atoms with E-state index in [1.165, 1.54) is 0 Å². The molecule has 0 saturated carbocycles. The highest BCUT2D eigenvalue weighted by molar-refractivity contribution is 9.09. The molecule has 80 valence electrons. The average Bonchev–Trinajstić information content (AvgIpc) is 1.97. The lowest BCUT2D eigenvalue weighted by Crippen LogP contribution is -2.22. The maximum atomic E-state index is 5.64. The van der Waals surface area contributed by atoms with Crippen molar-refractivity contribution in [2.75, 3.05) is 18.5 Å². The molecule has 0 aromatic carbocycles. The smallest absolute Gasteiger partial charge is 0.0525 e. The van der Waals surface area contributed by atoms with E-state index < -0.39 is 0 Å². The summed E-state index contributed by atoms with van der Waals surface area (Å²) in [6.45, 7) is 12.9. The van der Waals surface area contributed by atoms with Crippen LogP contribution in [0.4, 0.5) is 0 Å². The van der Waals surface area contributed by atoms with Crippen LogP contribution in [-0.4, -0.2) is 18.5 Å². The Morgan fingerprint density at radius 1 is 1.08 bits per heavy atom. The molecule has 0 bridgehead atoms. The number of alkyl halides is 1. The van der Waals surface area contributed by atoms with E-state index in [0.717, 1.165) is 25.0 Å². The average molecular weight is 251 g/mol. The van der Waals surface area contributed by atoms with E-state index in [0.29, 0.717) is 5.41 Å². The predicted molar refractivity (Wildman–Crippen MR) is 62.5 cm³/mol. The second kappa shape index (κ2) is 5.35. The monoisotopic (exact) mass is 250 g/mol. The zero-order valence-electron chi connectivity index (χ0n) is 9.61. The predicted octanol–water partition coefficient (Wildman–Crippen LogP) is 3.86. The molecule has 0 saturated heterocycles. The molecule has 0 aliphatic rings. The summed E-state index contributed by atoms with van der Waals surface area (Å²) in [5, 5.41) is 0.996. The number of rotatable bonds is 5. The number of halogens is 1. The number of hydrogen-bond donors (Lipinski definition) is 0. The SMILES string of the molecule is CC(C)(C)CCOCC(C)(C)CBr. The highest BCUT2D eigenvalue weighted by atomic mass is 79.9. The molecule has 1 nitrogen and oxygen atoms in total. The Morgan fingerprint density at radius 3 is 2.00 bits per heavy atom. The van der Waals surface area contributed by atoms with Gasteiger partial charge < -0.3 is 4.74 Å². The van der Waals surface area contributed by atoms with Gasteiger partial charge in [0, 0.05) is 11.9 Å².